The number of amides is 3. The van der Waals surface area contributed by atoms with Crippen LogP contribution in [0.5, 0.6) is 0 Å². The van der Waals surface area contributed by atoms with E-state index in [4.69, 9.17) is 0 Å². The summed E-state index contributed by atoms with van der Waals surface area (Å²) in [4.78, 5) is 32.1. The first kappa shape index (κ1) is 23.4. The second-order valence-corrected chi connectivity index (χ2v) is 9.99. The molecule has 3 heterocycles. The number of imide groups is 1. The molecule has 8 heteroatoms. The third-order valence-electron chi connectivity index (χ3n) is 7.77. The Morgan fingerprint density at radius 2 is 1.62 bits per heavy atom. The molecular formula is C29H28FN5O2. The molecule has 2 aliphatic heterocycles. The molecule has 7 nitrogen and oxygen atoms in total. The molecule has 2 fully saturated rings. The van der Waals surface area contributed by atoms with E-state index in [-0.39, 0.29) is 24.3 Å². The molecule has 2 aliphatic rings. The van der Waals surface area contributed by atoms with E-state index in [9.17, 15) is 14.0 Å². The summed E-state index contributed by atoms with van der Waals surface area (Å²) in [7, 11) is 1.75. The summed E-state index contributed by atoms with van der Waals surface area (Å²) >= 11 is 0. The van der Waals surface area contributed by atoms with Crippen molar-refractivity contribution in [3.05, 3.63) is 96.1 Å². The number of carbonyl (C=O) groups excluding carboxylic acids is 2. The minimum Gasteiger partial charge on any atom is -0.312 e. The molecule has 0 N–H and O–H groups in total. The van der Waals surface area contributed by atoms with E-state index in [2.05, 4.69) is 22.1 Å². The zero-order valence-electron chi connectivity index (χ0n) is 20.7. The fourth-order valence-corrected chi connectivity index (χ4v) is 5.57. The minimum atomic E-state index is -0.789. The average molecular weight is 498 g/mol. The first-order chi connectivity index (χ1) is 17.9. The summed E-state index contributed by atoms with van der Waals surface area (Å²) < 4.78 is 15.0. The molecule has 37 heavy (non-hydrogen) atoms. The number of likely N-dealkylation sites (N-methyl/N-ethyl adjacent to an activating group) is 1. The third-order valence-corrected chi connectivity index (χ3v) is 7.77. The number of aromatic nitrogens is 2. The molecular weight excluding hydrogens is 469 g/mol. The molecule has 1 aromatic heterocycles. The second kappa shape index (κ2) is 9.12. The van der Waals surface area contributed by atoms with Crippen LogP contribution in [0.15, 0.2) is 79.1 Å². The summed E-state index contributed by atoms with van der Waals surface area (Å²) in [5.41, 5.74) is 2.00. The smallest absolute Gasteiger partial charge is 0.312 e. The lowest BCUT2D eigenvalue weighted by molar-refractivity contribution is -0.135. The monoisotopic (exact) mass is 497 g/mol. The third kappa shape index (κ3) is 4.17. The van der Waals surface area contributed by atoms with Crippen LogP contribution in [0.25, 0.3) is 16.5 Å². The molecule has 6 rings (SSSR count). The van der Waals surface area contributed by atoms with E-state index >= 15 is 0 Å². The van der Waals surface area contributed by atoms with Gasteiger partial charge in [-0.05, 0) is 59.5 Å². The first-order valence-electron chi connectivity index (χ1n) is 12.5. The van der Waals surface area contributed by atoms with Gasteiger partial charge in [0.2, 0.25) is 0 Å². The van der Waals surface area contributed by atoms with Crippen LogP contribution < -0.4 is 0 Å². The van der Waals surface area contributed by atoms with Gasteiger partial charge in [0.05, 0.1) is 18.4 Å². The maximum absolute atomic E-state index is 13.6. The maximum atomic E-state index is 13.6. The Morgan fingerprint density at radius 1 is 0.892 bits per heavy atom. The molecule has 0 saturated carbocycles. The van der Waals surface area contributed by atoms with E-state index in [1.54, 1.807) is 28.8 Å². The van der Waals surface area contributed by atoms with Gasteiger partial charge < -0.3 is 4.90 Å². The standard InChI is InChI=1S/C29H28FN5O2/c1-32-28(37)34(19-21-6-7-23-4-2-3-5-24(23)16-21)27(36)29(32)12-14-33(15-13-29)18-22-17-31-35(20-22)26-10-8-25(30)9-11-26/h2-11,16-17,20H,12-15,18-19H2,1H3. The number of piperidine rings is 1. The number of carbonyl (C=O) groups is 2. The fraction of sp³-hybridized carbons (Fsp3) is 0.276. The van der Waals surface area contributed by atoms with Crippen molar-refractivity contribution in [2.24, 2.45) is 0 Å². The lowest BCUT2D eigenvalue weighted by atomic mass is 9.86. The normalized spacial score (nSPS) is 17.9. The van der Waals surface area contributed by atoms with Gasteiger partial charge in [0.15, 0.2) is 0 Å². The highest BCUT2D eigenvalue weighted by Gasteiger charge is 2.56. The lowest BCUT2D eigenvalue weighted by Crippen LogP contribution is -2.55. The van der Waals surface area contributed by atoms with Crippen molar-refractivity contribution in [2.45, 2.75) is 31.5 Å². The van der Waals surface area contributed by atoms with Crippen molar-refractivity contribution in [3.8, 4) is 5.69 Å². The Balaban J connectivity index is 1.12. The molecule has 3 aromatic carbocycles. The molecule has 1 spiro atoms. The topological polar surface area (TPSA) is 61.7 Å². The molecule has 0 radical (unpaired) electrons. The van der Waals surface area contributed by atoms with E-state index in [0.717, 1.165) is 27.6 Å². The highest BCUT2D eigenvalue weighted by molar-refractivity contribution is 6.07. The quantitative estimate of drug-likeness (QED) is 0.379. The van der Waals surface area contributed by atoms with Crippen LogP contribution in [0.2, 0.25) is 0 Å². The minimum absolute atomic E-state index is 0.100. The maximum Gasteiger partial charge on any atom is 0.327 e. The zero-order chi connectivity index (χ0) is 25.6. The molecule has 2 saturated heterocycles. The Hall–Kier alpha value is -4.04. The van der Waals surface area contributed by atoms with Gasteiger partial charge in [0.1, 0.15) is 11.4 Å². The Bertz CT molecular complexity index is 1470. The van der Waals surface area contributed by atoms with Gasteiger partial charge in [-0.1, -0.05) is 36.4 Å². The number of urea groups is 1. The first-order valence-corrected chi connectivity index (χ1v) is 12.5. The van der Waals surface area contributed by atoms with Gasteiger partial charge in [-0.15, -0.1) is 0 Å². The van der Waals surface area contributed by atoms with Crippen LogP contribution >= 0.6 is 0 Å². The van der Waals surface area contributed by atoms with E-state index in [1.807, 2.05) is 42.7 Å². The number of fused-ring (bicyclic) bond motifs is 1. The summed E-state index contributed by atoms with van der Waals surface area (Å²) in [6.45, 7) is 2.38. The summed E-state index contributed by atoms with van der Waals surface area (Å²) in [5.74, 6) is -0.379. The molecule has 3 amide bonds. The molecule has 0 aliphatic carbocycles. The number of likely N-dealkylation sites (tertiary alicyclic amines) is 1. The van der Waals surface area contributed by atoms with Crippen LogP contribution in [0.4, 0.5) is 9.18 Å². The van der Waals surface area contributed by atoms with Crippen molar-refractivity contribution >= 4 is 22.7 Å². The fourth-order valence-electron chi connectivity index (χ4n) is 5.57. The van der Waals surface area contributed by atoms with Gasteiger partial charge in [-0.2, -0.15) is 5.10 Å². The van der Waals surface area contributed by atoms with Crippen molar-refractivity contribution in [1.82, 2.24) is 24.5 Å². The number of hydrogen-bond acceptors (Lipinski definition) is 4. The number of benzene rings is 3. The summed E-state index contributed by atoms with van der Waals surface area (Å²) in [5, 5.41) is 6.64. The predicted molar refractivity (Wildman–Crippen MR) is 138 cm³/mol. The van der Waals surface area contributed by atoms with Crippen LogP contribution in [-0.2, 0) is 17.9 Å². The van der Waals surface area contributed by atoms with Gasteiger partial charge in [0.25, 0.3) is 5.91 Å². The summed E-state index contributed by atoms with van der Waals surface area (Å²) in [6.07, 6.45) is 4.94. The molecule has 0 unspecified atom stereocenters. The van der Waals surface area contributed by atoms with Crippen LogP contribution in [0, 0.1) is 5.82 Å². The number of rotatable bonds is 5. The highest BCUT2D eigenvalue weighted by Crippen LogP contribution is 2.37. The number of halogens is 1. The van der Waals surface area contributed by atoms with Crippen LogP contribution in [0.3, 0.4) is 0 Å². The van der Waals surface area contributed by atoms with Gasteiger partial charge in [0, 0.05) is 38.4 Å². The van der Waals surface area contributed by atoms with E-state index < -0.39 is 5.54 Å². The zero-order valence-corrected chi connectivity index (χ0v) is 20.7. The van der Waals surface area contributed by atoms with E-state index in [1.165, 1.54) is 17.0 Å². The van der Waals surface area contributed by atoms with Gasteiger partial charge in [-0.25, -0.2) is 13.9 Å². The highest BCUT2D eigenvalue weighted by atomic mass is 19.1. The van der Waals surface area contributed by atoms with Crippen LogP contribution in [-0.4, -0.2) is 62.1 Å². The van der Waals surface area contributed by atoms with Crippen molar-refractivity contribution < 1.29 is 14.0 Å². The average Bonchev–Trinajstić information content (AvgIpc) is 3.45. The number of hydrogen-bond donors (Lipinski definition) is 0. The SMILES string of the molecule is CN1C(=O)N(Cc2ccc3ccccc3c2)C(=O)C12CCN(Cc1cnn(-c3ccc(F)cc3)c1)CC2. The lowest BCUT2D eigenvalue weighted by Gasteiger charge is -2.40. The Morgan fingerprint density at radius 3 is 2.38 bits per heavy atom. The number of nitrogens with zero attached hydrogens (tertiary/aromatic N) is 5. The van der Waals surface area contributed by atoms with Gasteiger partial charge >= 0.3 is 6.03 Å². The van der Waals surface area contributed by atoms with E-state index in [0.29, 0.717) is 32.5 Å². The molecule has 0 atom stereocenters. The van der Waals surface area contributed by atoms with Crippen molar-refractivity contribution in [3.63, 3.8) is 0 Å². The second-order valence-electron chi connectivity index (χ2n) is 9.99. The molecule has 4 aromatic rings. The Kier molecular flexibility index (Phi) is 5.76. The summed E-state index contributed by atoms with van der Waals surface area (Å²) in [6, 6.07) is 20.1. The molecule has 188 valence electrons. The molecule has 0 bridgehead atoms. The van der Waals surface area contributed by atoms with Gasteiger partial charge in [-0.3, -0.25) is 14.6 Å². The van der Waals surface area contributed by atoms with Crippen molar-refractivity contribution in [2.75, 3.05) is 20.1 Å². The largest absolute Gasteiger partial charge is 0.327 e. The van der Waals surface area contributed by atoms with Crippen LogP contribution in [0.1, 0.15) is 24.0 Å². The Labute approximate surface area is 214 Å². The predicted octanol–water partition coefficient (Wildman–Crippen LogP) is 4.59. The van der Waals surface area contributed by atoms with Crippen molar-refractivity contribution in [1.29, 1.82) is 0 Å².